The molecule has 0 spiro atoms. The van der Waals surface area contributed by atoms with Crippen molar-refractivity contribution in [3.05, 3.63) is 53.2 Å². The molecule has 0 saturated heterocycles. The van der Waals surface area contributed by atoms with Crippen molar-refractivity contribution in [2.45, 2.75) is 20.8 Å². The van der Waals surface area contributed by atoms with Crippen LogP contribution < -0.4 is 15.4 Å². The average Bonchev–Trinajstić information content (AvgIpc) is 2.46. The lowest BCUT2D eigenvalue weighted by Crippen LogP contribution is -2.32. The van der Waals surface area contributed by atoms with Crippen molar-refractivity contribution in [2.24, 2.45) is 0 Å². The summed E-state index contributed by atoms with van der Waals surface area (Å²) in [5, 5.41) is 5.27. The number of hydrogen-bond donors (Lipinski definition) is 2. The number of aryl methyl sites for hydroxylation is 2. The molecule has 1 heterocycles. The summed E-state index contributed by atoms with van der Waals surface area (Å²) in [4.78, 5) is 15.8. The molecule has 2 amide bonds. The normalized spacial score (nSPS) is 10.0. The molecule has 0 saturated carbocycles. The number of carbonyl (C=O) groups is 1. The van der Waals surface area contributed by atoms with Gasteiger partial charge in [0.2, 0.25) is 0 Å². The number of aromatic nitrogens is 1. The van der Waals surface area contributed by atoms with Crippen LogP contribution in [0.4, 0.5) is 10.6 Å². The maximum absolute atomic E-state index is 11.7. The van der Waals surface area contributed by atoms with E-state index in [1.807, 2.05) is 45.0 Å². The molecule has 0 unspecified atom stereocenters. The molecule has 21 heavy (non-hydrogen) atoms. The quantitative estimate of drug-likeness (QED) is 0.848. The van der Waals surface area contributed by atoms with Crippen LogP contribution in [0.5, 0.6) is 5.75 Å². The van der Waals surface area contributed by atoms with E-state index in [0.29, 0.717) is 5.82 Å². The molecule has 0 aliphatic carbocycles. The van der Waals surface area contributed by atoms with Crippen LogP contribution in [0, 0.1) is 20.8 Å². The molecule has 5 nitrogen and oxygen atoms in total. The van der Waals surface area contributed by atoms with Gasteiger partial charge in [-0.3, -0.25) is 5.32 Å². The number of anilines is 1. The first-order chi connectivity index (χ1) is 10.1. The molecular weight excluding hydrogens is 266 g/mol. The van der Waals surface area contributed by atoms with Crippen molar-refractivity contribution >= 4 is 11.8 Å². The summed E-state index contributed by atoms with van der Waals surface area (Å²) in [6, 6.07) is 9.11. The van der Waals surface area contributed by atoms with Gasteiger partial charge in [-0.2, -0.15) is 0 Å². The van der Waals surface area contributed by atoms with Crippen molar-refractivity contribution in [1.29, 1.82) is 0 Å². The lowest BCUT2D eigenvalue weighted by atomic mass is 10.1. The van der Waals surface area contributed by atoms with E-state index in [9.17, 15) is 4.79 Å². The number of nitrogens with zero attached hydrogens (tertiary/aromatic N) is 1. The highest BCUT2D eigenvalue weighted by Crippen LogP contribution is 2.19. The highest BCUT2D eigenvalue weighted by molar-refractivity contribution is 5.88. The fraction of sp³-hybridized carbons (Fsp3) is 0.250. The summed E-state index contributed by atoms with van der Waals surface area (Å²) in [6.45, 7) is 6.04. The first-order valence-electron chi connectivity index (χ1n) is 6.73. The van der Waals surface area contributed by atoms with Gasteiger partial charge in [0.15, 0.2) is 6.73 Å². The van der Waals surface area contributed by atoms with Crippen LogP contribution in [0.1, 0.15) is 16.7 Å². The molecule has 2 N–H and O–H groups in total. The van der Waals surface area contributed by atoms with Crippen LogP contribution in [0.2, 0.25) is 0 Å². The Balaban J connectivity index is 1.81. The van der Waals surface area contributed by atoms with E-state index >= 15 is 0 Å². The number of nitrogens with one attached hydrogen (secondary N) is 2. The Bertz CT molecular complexity index is 624. The molecule has 5 heteroatoms. The topological polar surface area (TPSA) is 63.2 Å². The lowest BCUT2D eigenvalue weighted by Gasteiger charge is -2.12. The fourth-order valence-corrected chi connectivity index (χ4v) is 1.76. The summed E-state index contributed by atoms with van der Waals surface area (Å²) in [6.07, 6.45) is 1.70. The van der Waals surface area contributed by atoms with Crippen molar-refractivity contribution < 1.29 is 9.53 Å². The Kier molecular flexibility index (Phi) is 4.77. The third kappa shape index (κ3) is 4.21. The lowest BCUT2D eigenvalue weighted by molar-refractivity contribution is 0.234. The number of amides is 2. The number of urea groups is 1. The molecule has 0 aliphatic rings. The SMILES string of the molecule is Cc1ccc(NC(=O)NCOc2cccc(C)c2C)nc1. The first-order valence-corrected chi connectivity index (χ1v) is 6.73. The largest absolute Gasteiger partial charge is 0.473 e. The number of ether oxygens (including phenoxy) is 1. The van der Waals surface area contributed by atoms with Gasteiger partial charge in [-0.05, 0) is 49.6 Å². The summed E-state index contributed by atoms with van der Waals surface area (Å²) >= 11 is 0. The highest BCUT2D eigenvalue weighted by Gasteiger charge is 2.04. The van der Waals surface area contributed by atoms with Gasteiger partial charge >= 0.3 is 6.03 Å². The number of hydrogen-bond acceptors (Lipinski definition) is 3. The van der Waals surface area contributed by atoms with Crippen molar-refractivity contribution in [1.82, 2.24) is 10.3 Å². The van der Waals surface area contributed by atoms with Crippen molar-refractivity contribution in [3.63, 3.8) is 0 Å². The number of rotatable bonds is 4. The first kappa shape index (κ1) is 14.8. The summed E-state index contributed by atoms with van der Waals surface area (Å²) in [5.74, 6) is 1.27. The highest BCUT2D eigenvalue weighted by atomic mass is 16.5. The zero-order valence-corrected chi connectivity index (χ0v) is 12.4. The van der Waals surface area contributed by atoms with E-state index in [4.69, 9.17) is 4.74 Å². The van der Waals surface area contributed by atoms with Crippen LogP contribution in [0.25, 0.3) is 0 Å². The van der Waals surface area contributed by atoms with Gasteiger partial charge in [-0.25, -0.2) is 9.78 Å². The molecule has 1 aromatic carbocycles. The fourth-order valence-electron chi connectivity index (χ4n) is 1.76. The third-order valence-corrected chi connectivity index (χ3v) is 3.17. The Labute approximate surface area is 124 Å². The second-order valence-corrected chi connectivity index (χ2v) is 4.84. The molecular formula is C16H19N3O2. The van der Waals surface area contributed by atoms with Gasteiger partial charge in [0.1, 0.15) is 11.6 Å². The molecule has 0 atom stereocenters. The van der Waals surface area contributed by atoms with Crippen LogP contribution in [-0.2, 0) is 0 Å². The van der Waals surface area contributed by atoms with Gasteiger partial charge in [-0.15, -0.1) is 0 Å². The number of pyridine rings is 1. The van der Waals surface area contributed by atoms with Gasteiger partial charge in [-0.1, -0.05) is 18.2 Å². The van der Waals surface area contributed by atoms with E-state index < -0.39 is 0 Å². The smallest absolute Gasteiger partial charge is 0.323 e. The van der Waals surface area contributed by atoms with Crippen LogP contribution in [0.15, 0.2) is 36.5 Å². The Hall–Kier alpha value is -2.56. The second-order valence-electron chi connectivity index (χ2n) is 4.84. The van der Waals surface area contributed by atoms with E-state index in [1.165, 1.54) is 0 Å². The summed E-state index contributed by atoms with van der Waals surface area (Å²) in [5.41, 5.74) is 3.26. The molecule has 0 aliphatic heterocycles. The van der Waals surface area contributed by atoms with Crippen LogP contribution in [-0.4, -0.2) is 17.7 Å². The third-order valence-electron chi connectivity index (χ3n) is 3.17. The van der Waals surface area contributed by atoms with E-state index in [0.717, 1.165) is 22.4 Å². The minimum atomic E-state index is -0.350. The zero-order chi connectivity index (χ0) is 15.2. The molecule has 0 radical (unpaired) electrons. The number of benzene rings is 1. The molecule has 2 rings (SSSR count). The van der Waals surface area contributed by atoms with E-state index in [-0.39, 0.29) is 12.8 Å². The monoisotopic (exact) mass is 285 g/mol. The molecule has 0 bridgehead atoms. The second kappa shape index (κ2) is 6.74. The summed E-state index contributed by atoms with van der Waals surface area (Å²) < 4.78 is 5.55. The predicted octanol–water partition coefficient (Wildman–Crippen LogP) is 3.16. The Morgan fingerprint density at radius 1 is 1.19 bits per heavy atom. The molecule has 110 valence electrons. The summed E-state index contributed by atoms with van der Waals surface area (Å²) in [7, 11) is 0. The van der Waals surface area contributed by atoms with E-state index in [2.05, 4.69) is 15.6 Å². The Morgan fingerprint density at radius 2 is 2.00 bits per heavy atom. The van der Waals surface area contributed by atoms with Crippen molar-refractivity contribution in [2.75, 3.05) is 12.0 Å². The van der Waals surface area contributed by atoms with Crippen LogP contribution in [0.3, 0.4) is 0 Å². The molecule has 0 fully saturated rings. The number of carbonyl (C=O) groups excluding carboxylic acids is 1. The maximum Gasteiger partial charge on any atom is 0.323 e. The average molecular weight is 285 g/mol. The molecule has 2 aromatic rings. The predicted molar refractivity (Wildman–Crippen MR) is 82.5 cm³/mol. The Morgan fingerprint density at radius 3 is 2.71 bits per heavy atom. The standard InChI is InChI=1S/C16H19N3O2/c1-11-7-8-15(17-9-11)19-16(20)18-10-21-14-6-4-5-12(2)13(14)3/h4-9H,10H2,1-3H3,(H2,17,18,19,20). The van der Waals surface area contributed by atoms with Gasteiger partial charge in [0.05, 0.1) is 0 Å². The minimum Gasteiger partial charge on any atom is -0.473 e. The van der Waals surface area contributed by atoms with Gasteiger partial charge in [0.25, 0.3) is 0 Å². The van der Waals surface area contributed by atoms with Crippen molar-refractivity contribution in [3.8, 4) is 5.75 Å². The van der Waals surface area contributed by atoms with Gasteiger partial charge < -0.3 is 10.1 Å². The minimum absolute atomic E-state index is 0.0992. The molecule has 1 aromatic heterocycles. The van der Waals surface area contributed by atoms with E-state index in [1.54, 1.807) is 12.3 Å². The zero-order valence-electron chi connectivity index (χ0n) is 12.4. The maximum atomic E-state index is 11.7. The van der Waals surface area contributed by atoms with Crippen LogP contribution >= 0.6 is 0 Å². The van der Waals surface area contributed by atoms with Gasteiger partial charge in [0, 0.05) is 6.20 Å².